The minimum atomic E-state index is -0.469. The van der Waals surface area contributed by atoms with E-state index in [4.69, 9.17) is 11.6 Å². The minimum Gasteiger partial charge on any atom is -0.294 e. The van der Waals surface area contributed by atoms with Crippen molar-refractivity contribution < 1.29 is 9.18 Å². The number of pyridine rings is 1. The fraction of sp³-hybridized carbons (Fsp3) is 0.0769. The molecule has 1 aromatic carbocycles. The van der Waals surface area contributed by atoms with Gasteiger partial charge in [-0.05, 0) is 29.8 Å². The summed E-state index contributed by atoms with van der Waals surface area (Å²) >= 11 is 5.85. The summed E-state index contributed by atoms with van der Waals surface area (Å²) < 4.78 is 13.0. The fourth-order valence-corrected chi connectivity index (χ4v) is 1.72. The Labute approximate surface area is 103 Å². The van der Waals surface area contributed by atoms with Gasteiger partial charge in [0.25, 0.3) is 0 Å². The molecule has 0 saturated carbocycles. The summed E-state index contributed by atoms with van der Waals surface area (Å²) in [6, 6.07) is 7.30. The maximum absolute atomic E-state index is 13.0. The molecule has 0 unspecified atom stereocenters. The highest BCUT2D eigenvalue weighted by Crippen LogP contribution is 2.19. The standard InChI is InChI=1S/C13H9ClFNO/c14-12-4-3-10(15)7-11(12)13(17)6-9-2-1-5-16-8-9/h1-5,7-8H,6H2. The van der Waals surface area contributed by atoms with Crippen LogP contribution in [-0.4, -0.2) is 10.8 Å². The van der Waals surface area contributed by atoms with Gasteiger partial charge < -0.3 is 0 Å². The highest BCUT2D eigenvalue weighted by Gasteiger charge is 2.12. The van der Waals surface area contributed by atoms with Crippen LogP contribution in [0.4, 0.5) is 4.39 Å². The van der Waals surface area contributed by atoms with E-state index in [0.717, 1.165) is 11.6 Å². The van der Waals surface area contributed by atoms with Crippen molar-refractivity contribution in [3.05, 3.63) is 64.7 Å². The van der Waals surface area contributed by atoms with E-state index >= 15 is 0 Å². The first kappa shape index (κ1) is 11.7. The summed E-state index contributed by atoms with van der Waals surface area (Å²) in [5, 5.41) is 0.264. The van der Waals surface area contributed by atoms with Crippen LogP contribution in [0.25, 0.3) is 0 Å². The molecule has 2 nitrogen and oxygen atoms in total. The number of hydrogen-bond donors (Lipinski definition) is 0. The molecule has 2 aromatic rings. The predicted octanol–water partition coefficient (Wildman–Crippen LogP) is 3.30. The molecular formula is C13H9ClFNO. The molecule has 0 spiro atoms. The lowest BCUT2D eigenvalue weighted by Crippen LogP contribution is -2.05. The molecule has 0 atom stereocenters. The average Bonchev–Trinajstić information content (AvgIpc) is 2.33. The van der Waals surface area contributed by atoms with Crippen molar-refractivity contribution in [1.82, 2.24) is 4.98 Å². The second-order valence-corrected chi connectivity index (χ2v) is 3.99. The smallest absolute Gasteiger partial charge is 0.168 e. The number of carbonyl (C=O) groups excluding carboxylic acids is 1. The van der Waals surface area contributed by atoms with Gasteiger partial charge in [-0.1, -0.05) is 17.7 Å². The molecule has 0 aliphatic rings. The van der Waals surface area contributed by atoms with E-state index in [-0.39, 0.29) is 22.8 Å². The van der Waals surface area contributed by atoms with E-state index in [2.05, 4.69) is 4.98 Å². The topological polar surface area (TPSA) is 30.0 Å². The Kier molecular flexibility index (Phi) is 3.49. The molecule has 86 valence electrons. The summed E-state index contributed by atoms with van der Waals surface area (Å²) in [6.07, 6.45) is 3.39. The number of carbonyl (C=O) groups is 1. The van der Waals surface area contributed by atoms with Gasteiger partial charge in [0.05, 0.1) is 5.02 Å². The highest BCUT2D eigenvalue weighted by molar-refractivity contribution is 6.34. The van der Waals surface area contributed by atoms with Gasteiger partial charge in [0.1, 0.15) is 5.82 Å². The molecule has 0 N–H and O–H groups in total. The zero-order valence-electron chi connectivity index (χ0n) is 8.86. The largest absolute Gasteiger partial charge is 0.294 e. The zero-order valence-corrected chi connectivity index (χ0v) is 9.62. The van der Waals surface area contributed by atoms with Gasteiger partial charge >= 0.3 is 0 Å². The van der Waals surface area contributed by atoms with Gasteiger partial charge in [0.15, 0.2) is 5.78 Å². The Hall–Kier alpha value is -1.74. The van der Waals surface area contributed by atoms with E-state index in [1.165, 1.54) is 12.1 Å². The molecule has 17 heavy (non-hydrogen) atoms. The van der Waals surface area contributed by atoms with Gasteiger partial charge in [-0.2, -0.15) is 0 Å². The van der Waals surface area contributed by atoms with Crippen LogP contribution in [0, 0.1) is 5.82 Å². The lowest BCUT2D eigenvalue weighted by Gasteiger charge is -2.03. The summed E-state index contributed by atoms with van der Waals surface area (Å²) in [6.45, 7) is 0. The molecule has 2 rings (SSSR count). The Morgan fingerprint density at radius 2 is 2.18 bits per heavy atom. The van der Waals surface area contributed by atoms with E-state index in [9.17, 15) is 9.18 Å². The summed E-state index contributed by atoms with van der Waals surface area (Å²) in [4.78, 5) is 15.8. The second-order valence-electron chi connectivity index (χ2n) is 3.59. The molecule has 4 heteroatoms. The molecule has 0 saturated heterocycles. The predicted molar refractivity (Wildman–Crippen MR) is 63.7 cm³/mol. The molecule has 0 bridgehead atoms. The number of ketones is 1. The Bertz CT molecular complexity index is 542. The van der Waals surface area contributed by atoms with Crippen LogP contribution >= 0.6 is 11.6 Å². The van der Waals surface area contributed by atoms with Crippen LogP contribution in [0.2, 0.25) is 5.02 Å². The first-order valence-corrected chi connectivity index (χ1v) is 5.42. The van der Waals surface area contributed by atoms with Crippen LogP contribution in [0.3, 0.4) is 0 Å². The number of halogens is 2. The lowest BCUT2D eigenvalue weighted by molar-refractivity contribution is 0.0992. The number of Topliss-reactive ketones (excluding diaryl/α,β-unsaturated/α-hetero) is 1. The van der Waals surface area contributed by atoms with Crippen molar-refractivity contribution in [1.29, 1.82) is 0 Å². The van der Waals surface area contributed by atoms with Crippen molar-refractivity contribution in [2.75, 3.05) is 0 Å². The van der Waals surface area contributed by atoms with Crippen molar-refractivity contribution in [3.63, 3.8) is 0 Å². The molecule has 0 aliphatic heterocycles. The van der Waals surface area contributed by atoms with Crippen molar-refractivity contribution in [3.8, 4) is 0 Å². The molecule has 1 aromatic heterocycles. The normalized spacial score (nSPS) is 10.2. The van der Waals surface area contributed by atoms with Gasteiger partial charge in [-0.15, -0.1) is 0 Å². The molecule has 1 heterocycles. The van der Waals surface area contributed by atoms with E-state index < -0.39 is 5.82 Å². The Morgan fingerprint density at radius 1 is 1.35 bits per heavy atom. The molecule has 0 fully saturated rings. The maximum Gasteiger partial charge on any atom is 0.168 e. The number of benzene rings is 1. The zero-order chi connectivity index (χ0) is 12.3. The van der Waals surface area contributed by atoms with Crippen LogP contribution in [0.15, 0.2) is 42.7 Å². The van der Waals surface area contributed by atoms with Crippen LogP contribution < -0.4 is 0 Å². The van der Waals surface area contributed by atoms with E-state index in [1.54, 1.807) is 24.5 Å². The Balaban J connectivity index is 2.23. The number of nitrogens with zero attached hydrogens (tertiary/aromatic N) is 1. The third-order valence-corrected chi connectivity index (χ3v) is 2.65. The number of hydrogen-bond acceptors (Lipinski definition) is 2. The van der Waals surface area contributed by atoms with Gasteiger partial charge in [-0.25, -0.2) is 4.39 Å². The maximum atomic E-state index is 13.0. The Morgan fingerprint density at radius 3 is 2.88 bits per heavy atom. The molecule has 0 radical (unpaired) electrons. The number of aromatic nitrogens is 1. The average molecular weight is 250 g/mol. The highest BCUT2D eigenvalue weighted by atomic mass is 35.5. The van der Waals surface area contributed by atoms with Crippen molar-refractivity contribution in [2.24, 2.45) is 0 Å². The van der Waals surface area contributed by atoms with Crippen molar-refractivity contribution >= 4 is 17.4 Å². The summed E-state index contributed by atoms with van der Waals surface area (Å²) in [5.74, 6) is -0.688. The van der Waals surface area contributed by atoms with Crippen LogP contribution in [0.5, 0.6) is 0 Å². The van der Waals surface area contributed by atoms with Crippen LogP contribution in [-0.2, 0) is 6.42 Å². The van der Waals surface area contributed by atoms with E-state index in [1.807, 2.05) is 0 Å². The minimum absolute atomic E-state index is 0.164. The monoisotopic (exact) mass is 249 g/mol. The van der Waals surface area contributed by atoms with Gasteiger partial charge in [0.2, 0.25) is 0 Å². The van der Waals surface area contributed by atoms with Gasteiger partial charge in [-0.3, -0.25) is 9.78 Å². The van der Waals surface area contributed by atoms with Gasteiger partial charge in [0, 0.05) is 24.4 Å². The summed E-state index contributed by atoms with van der Waals surface area (Å²) in [5.41, 5.74) is 0.980. The first-order chi connectivity index (χ1) is 8.16. The molecule has 0 aliphatic carbocycles. The lowest BCUT2D eigenvalue weighted by atomic mass is 10.0. The first-order valence-electron chi connectivity index (χ1n) is 5.04. The van der Waals surface area contributed by atoms with E-state index in [0.29, 0.717) is 0 Å². The summed E-state index contributed by atoms with van der Waals surface area (Å²) in [7, 11) is 0. The van der Waals surface area contributed by atoms with Crippen molar-refractivity contribution in [2.45, 2.75) is 6.42 Å². The molecule has 0 amide bonds. The van der Waals surface area contributed by atoms with Crippen LogP contribution in [0.1, 0.15) is 15.9 Å². The third-order valence-electron chi connectivity index (χ3n) is 2.32. The SMILES string of the molecule is O=C(Cc1cccnc1)c1cc(F)ccc1Cl. The number of rotatable bonds is 3. The third kappa shape index (κ3) is 2.88. The fourth-order valence-electron chi connectivity index (χ4n) is 1.49. The molecular weight excluding hydrogens is 241 g/mol. The second kappa shape index (κ2) is 5.06. The quantitative estimate of drug-likeness (QED) is 0.782.